The molecule has 0 radical (unpaired) electrons. The van der Waals surface area contributed by atoms with E-state index >= 15 is 0 Å². The second-order valence-electron chi connectivity index (χ2n) is 5.04. The van der Waals surface area contributed by atoms with Crippen LogP contribution in [0.15, 0.2) is 0 Å². The van der Waals surface area contributed by atoms with E-state index < -0.39 is 18.3 Å². The molecule has 0 heterocycles. The summed E-state index contributed by atoms with van der Waals surface area (Å²) in [5, 5.41) is 9.04. The zero-order chi connectivity index (χ0) is 13.3. The van der Waals surface area contributed by atoms with Crippen LogP contribution in [0.3, 0.4) is 0 Å². The Bertz CT molecular complexity index is 304. The molecule has 17 heavy (non-hydrogen) atoms. The van der Waals surface area contributed by atoms with Gasteiger partial charge in [-0.15, -0.1) is 0 Å². The molecule has 0 aromatic rings. The molecule has 2 N–H and O–H groups in total. The topological polar surface area (TPSA) is 53.0 Å². The minimum absolute atomic E-state index is 0.0225. The Morgan fingerprint density at radius 2 is 1.88 bits per heavy atom. The molecule has 98 valence electrons. The fourth-order valence-corrected chi connectivity index (χ4v) is 1.84. The van der Waals surface area contributed by atoms with Gasteiger partial charge in [-0.05, 0) is 32.6 Å². The van der Waals surface area contributed by atoms with E-state index in [0.717, 1.165) is 12.8 Å². The maximum absolute atomic E-state index is 12.4. The third-order valence-corrected chi connectivity index (χ3v) is 3.09. The van der Waals surface area contributed by atoms with Crippen molar-refractivity contribution in [3.05, 3.63) is 0 Å². The molecule has 0 spiro atoms. The fourth-order valence-electron chi connectivity index (χ4n) is 1.84. The smallest absolute Gasteiger partial charge is 0.312 e. The van der Waals surface area contributed by atoms with Gasteiger partial charge in [-0.1, -0.05) is 0 Å². The molecular formula is C11H18F3N3. The summed E-state index contributed by atoms with van der Waals surface area (Å²) in [6, 6.07) is 1.69. The molecule has 0 aliphatic heterocycles. The number of hydrogen-bond donors (Lipinski definition) is 1. The molecule has 1 fully saturated rings. The Hall–Kier alpha value is -0.800. The van der Waals surface area contributed by atoms with Gasteiger partial charge < -0.3 is 5.73 Å². The van der Waals surface area contributed by atoms with Crippen LogP contribution in [0.2, 0.25) is 0 Å². The van der Waals surface area contributed by atoms with Crippen molar-refractivity contribution in [1.29, 1.82) is 5.26 Å². The molecule has 1 aliphatic rings. The van der Waals surface area contributed by atoms with Crippen LogP contribution < -0.4 is 5.73 Å². The lowest BCUT2D eigenvalue weighted by atomic mass is 9.95. The number of rotatable bonds is 5. The Morgan fingerprint density at radius 1 is 1.35 bits per heavy atom. The van der Waals surface area contributed by atoms with E-state index in [1.807, 2.05) is 6.07 Å². The molecule has 6 heteroatoms. The summed E-state index contributed by atoms with van der Waals surface area (Å²) in [4.78, 5) is 1.22. The first-order chi connectivity index (χ1) is 7.68. The standard InChI is InChI=1S/C11H18F3N3/c1-8(2)17(7-11(12,13)14)6-10(16,5-15)9-3-4-9/h8-9H,3-4,6-7,16H2,1-2H3. The molecule has 1 rings (SSSR count). The van der Waals surface area contributed by atoms with Crippen LogP contribution in [0.25, 0.3) is 0 Å². The average Bonchev–Trinajstić information content (AvgIpc) is 2.97. The lowest BCUT2D eigenvalue weighted by Crippen LogP contribution is -2.54. The zero-order valence-electron chi connectivity index (χ0n) is 10.1. The predicted molar refractivity (Wildman–Crippen MR) is 58.0 cm³/mol. The minimum atomic E-state index is -4.26. The molecule has 0 saturated heterocycles. The van der Waals surface area contributed by atoms with Gasteiger partial charge in [0.1, 0.15) is 5.54 Å². The highest BCUT2D eigenvalue weighted by Crippen LogP contribution is 2.38. The molecule has 1 saturated carbocycles. The average molecular weight is 249 g/mol. The van der Waals surface area contributed by atoms with Gasteiger partial charge in [0.2, 0.25) is 0 Å². The summed E-state index contributed by atoms with van der Waals surface area (Å²) in [5.41, 5.74) is 4.75. The Morgan fingerprint density at radius 3 is 2.18 bits per heavy atom. The first-order valence-electron chi connectivity index (χ1n) is 5.69. The first-order valence-corrected chi connectivity index (χ1v) is 5.69. The van der Waals surface area contributed by atoms with Gasteiger partial charge in [0.05, 0.1) is 12.6 Å². The van der Waals surface area contributed by atoms with Crippen LogP contribution in [0, 0.1) is 17.2 Å². The quantitative estimate of drug-likeness (QED) is 0.809. The van der Waals surface area contributed by atoms with E-state index in [1.165, 1.54) is 4.90 Å². The van der Waals surface area contributed by atoms with Gasteiger partial charge in [0.15, 0.2) is 0 Å². The van der Waals surface area contributed by atoms with Crippen LogP contribution in [-0.4, -0.2) is 35.7 Å². The largest absolute Gasteiger partial charge is 0.401 e. The van der Waals surface area contributed by atoms with Gasteiger partial charge in [0.25, 0.3) is 0 Å². The van der Waals surface area contributed by atoms with E-state index in [4.69, 9.17) is 11.0 Å². The van der Waals surface area contributed by atoms with E-state index in [9.17, 15) is 13.2 Å². The van der Waals surface area contributed by atoms with Crippen LogP contribution in [0.5, 0.6) is 0 Å². The van der Waals surface area contributed by atoms with Crippen molar-refractivity contribution in [1.82, 2.24) is 4.90 Å². The summed E-state index contributed by atoms with van der Waals surface area (Å²) < 4.78 is 37.2. The van der Waals surface area contributed by atoms with E-state index in [-0.39, 0.29) is 18.5 Å². The van der Waals surface area contributed by atoms with Gasteiger partial charge >= 0.3 is 6.18 Å². The lowest BCUT2D eigenvalue weighted by molar-refractivity contribution is -0.151. The number of nitriles is 1. The molecule has 1 atom stereocenters. The summed E-state index contributed by atoms with van der Waals surface area (Å²) in [5.74, 6) is 0.0435. The number of nitrogens with two attached hydrogens (primary N) is 1. The van der Waals surface area contributed by atoms with Crippen molar-refractivity contribution in [3.8, 4) is 6.07 Å². The molecular weight excluding hydrogens is 231 g/mol. The van der Waals surface area contributed by atoms with Crippen molar-refractivity contribution in [2.75, 3.05) is 13.1 Å². The number of halogens is 3. The van der Waals surface area contributed by atoms with Crippen LogP contribution in [-0.2, 0) is 0 Å². The van der Waals surface area contributed by atoms with Crippen LogP contribution >= 0.6 is 0 Å². The van der Waals surface area contributed by atoms with Crippen molar-refractivity contribution in [3.63, 3.8) is 0 Å². The van der Waals surface area contributed by atoms with Crippen molar-refractivity contribution >= 4 is 0 Å². The van der Waals surface area contributed by atoms with Crippen LogP contribution in [0.4, 0.5) is 13.2 Å². The Labute approximate surface area is 99.4 Å². The van der Waals surface area contributed by atoms with Crippen LogP contribution in [0.1, 0.15) is 26.7 Å². The number of nitrogens with zero attached hydrogens (tertiary/aromatic N) is 2. The van der Waals surface area contributed by atoms with Crippen molar-refractivity contribution < 1.29 is 13.2 Å². The van der Waals surface area contributed by atoms with E-state index in [1.54, 1.807) is 13.8 Å². The SMILES string of the molecule is CC(C)N(CC(F)(F)F)CC(N)(C#N)C1CC1. The van der Waals surface area contributed by atoms with Crippen molar-refractivity contribution in [2.45, 2.75) is 44.4 Å². The monoisotopic (exact) mass is 249 g/mol. The third-order valence-electron chi connectivity index (χ3n) is 3.09. The summed E-state index contributed by atoms with van der Waals surface area (Å²) in [6.07, 6.45) is -2.59. The molecule has 0 aromatic heterocycles. The van der Waals surface area contributed by atoms with Gasteiger partial charge in [0, 0.05) is 12.6 Å². The molecule has 0 aromatic carbocycles. The van der Waals surface area contributed by atoms with E-state index in [0.29, 0.717) is 0 Å². The predicted octanol–water partition coefficient (Wildman–Crippen LogP) is 1.89. The van der Waals surface area contributed by atoms with Gasteiger partial charge in [-0.3, -0.25) is 4.90 Å². The maximum Gasteiger partial charge on any atom is 0.401 e. The number of hydrogen-bond acceptors (Lipinski definition) is 3. The lowest BCUT2D eigenvalue weighted by Gasteiger charge is -2.33. The highest BCUT2D eigenvalue weighted by atomic mass is 19.4. The molecule has 1 unspecified atom stereocenters. The fraction of sp³-hybridized carbons (Fsp3) is 0.909. The summed E-state index contributed by atoms with van der Waals surface area (Å²) >= 11 is 0. The second-order valence-corrected chi connectivity index (χ2v) is 5.04. The Balaban J connectivity index is 2.69. The number of alkyl halides is 3. The summed E-state index contributed by atoms with van der Waals surface area (Å²) in [7, 11) is 0. The van der Waals surface area contributed by atoms with Crippen molar-refractivity contribution in [2.24, 2.45) is 11.7 Å². The maximum atomic E-state index is 12.4. The van der Waals surface area contributed by atoms with Gasteiger partial charge in [-0.2, -0.15) is 18.4 Å². The van der Waals surface area contributed by atoms with E-state index in [2.05, 4.69) is 0 Å². The second kappa shape index (κ2) is 4.83. The molecule has 0 amide bonds. The highest BCUT2D eigenvalue weighted by molar-refractivity contribution is 5.15. The minimum Gasteiger partial charge on any atom is -0.312 e. The third kappa shape index (κ3) is 4.17. The van der Waals surface area contributed by atoms with Gasteiger partial charge in [-0.25, -0.2) is 0 Å². The zero-order valence-corrected chi connectivity index (χ0v) is 10.1. The Kier molecular flexibility index (Phi) is 4.05. The first kappa shape index (κ1) is 14.3. The molecule has 1 aliphatic carbocycles. The molecule has 0 bridgehead atoms. The molecule has 3 nitrogen and oxygen atoms in total. The highest BCUT2D eigenvalue weighted by Gasteiger charge is 2.45. The normalized spacial score (nSPS) is 20.4. The summed E-state index contributed by atoms with van der Waals surface area (Å²) in [6.45, 7) is 2.32.